The number of rotatable bonds is 3. The SMILES string of the molecule is NCc1nnc(-c2cc(Br)ccc2Br)n1C1CC1. The highest BCUT2D eigenvalue weighted by Gasteiger charge is 2.29. The molecule has 94 valence electrons. The van der Waals surface area contributed by atoms with E-state index in [4.69, 9.17) is 5.73 Å². The van der Waals surface area contributed by atoms with Crippen LogP contribution in [-0.4, -0.2) is 14.8 Å². The van der Waals surface area contributed by atoms with Gasteiger partial charge >= 0.3 is 0 Å². The highest BCUT2D eigenvalue weighted by molar-refractivity contribution is 9.11. The van der Waals surface area contributed by atoms with Crippen LogP contribution in [0.2, 0.25) is 0 Å². The van der Waals surface area contributed by atoms with Crippen LogP contribution in [-0.2, 0) is 6.54 Å². The third kappa shape index (κ3) is 2.13. The van der Waals surface area contributed by atoms with Crippen molar-refractivity contribution in [3.05, 3.63) is 33.0 Å². The van der Waals surface area contributed by atoms with Crippen LogP contribution in [0.15, 0.2) is 27.1 Å². The van der Waals surface area contributed by atoms with E-state index in [0.29, 0.717) is 12.6 Å². The quantitative estimate of drug-likeness (QED) is 0.900. The molecule has 1 aliphatic rings. The van der Waals surface area contributed by atoms with Gasteiger partial charge in [0, 0.05) is 20.6 Å². The fraction of sp³-hybridized carbons (Fsp3) is 0.333. The second kappa shape index (κ2) is 4.75. The Morgan fingerprint density at radius 1 is 1.28 bits per heavy atom. The van der Waals surface area contributed by atoms with Gasteiger partial charge in [-0.2, -0.15) is 0 Å². The van der Waals surface area contributed by atoms with Crippen molar-refractivity contribution in [1.29, 1.82) is 0 Å². The minimum Gasteiger partial charge on any atom is -0.324 e. The lowest BCUT2D eigenvalue weighted by Crippen LogP contribution is -2.08. The van der Waals surface area contributed by atoms with Crippen LogP contribution in [0.5, 0.6) is 0 Å². The molecule has 0 spiro atoms. The van der Waals surface area contributed by atoms with Crippen molar-refractivity contribution in [3.63, 3.8) is 0 Å². The summed E-state index contributed by atoms with van der Waals surface area (Å²) >= 11 is 7.06. The molecule has 1 fully saturated rings. The van der Waals surface area contributed by atoms with Crippen LogP contribution in [0.3, 0.4) is 0 Å². The fourth-order valence-electron chi connectivity index (χ4n) is 2.03. The Morgan fingerprint density at radius 3 is 2.72 bits per heavy atom. The van der Waals surface area contributed by atoms with Gasteiger partial charge in [-0.1, -0.05) is 31.9 Å². The van der Waals surface area contributed by atoms with Crippen LogP contribution in [0, 0.1) is 0 Å². The van der Waals surface area contributed by atoms with Crippen molar-refractivity contribution in [3.8, 4) is 11.4 Å². The Morgan fingerprint density at radius 2 is 2.06 bits per heavy atom. The standard InChI is InChI=1S/C12H12Br2N4/c13-7-1-4-10(14)9(5-7)12-17-16-11(6-15)18(12)8-2-3-8/h1,4-5,8H,2-3,6,15H2. The van der Waals surface area contributed by atoms with Crippen molar-refractivity contribution in [2.75, 3.05) is 0 Å². The molecule has 0 atom stereocenters. The molecule has 3 rings (SSSR count). The number of nitrogens with zero attached hydrogens (tertiary/aromatic N) is 3. The Hall–Kier alpha value is -0.720. The molecule has 0 radical (unpaired) electrons. The maximum atomic E-state index is 5.73. The number of benzene rings is 1. The van der Waals surface area contributed by atoms with Crippen LogP contribution in [0.1, 0.15) is 24.7 Å². The Balaban J connectivity index is 2.16. The Bertz CT molecular complexity index is 590. The highest BCUT2D eigenvalue weighted by atomic mass is 79.9. The Kier molecular flexibility index (Phi) is 3.25. The molecular formula is C12H12Br2N4. The highest BCUT2D eigenvalue weighted by Crippen LogP contribution is 2.40. The minimum absolute atomic E-state index is 0.426. The molecule has 18 heavy (non-hydrogen) atoms. The lowest BCUT2D eigenvalue weighted by Gasteiger charge is -2.09. The van der Waals surface area contributed by atoms with Crippen LogP contribution in [0.25, 0.3) is 11.4 Å². The van der Waals surface area contributed by atoms with Gasteiger partial charge in [-0.05, 0) is 31.0 Å². The van der Waals surface area contributed by atoms with Gasteiger partial charge < -0.3 is 10.3 Å². The van der Waals surface area contributed by atoms with E-state index in [1.54, 1.807) is 0 Å². The third-order valence-corrected chi connectivity index (χ3v) is 4.22. The first-order chi connectivity index (χ1) is 8.70. The maximum Gasteiger partial charge on any atom is 0.165 e. The van der Waals surface area contributed by atoms with E-state index in [0.717, 1.165) is 26.2 Å². The van der Waals surface area contributed by atoms with E-state index in [1.807, 2.05) is 18.2 Å². The predicted molar refractivity (Wildman–Crippen MR) is 77.0 cm³/mol. The van der Waals surface area contributed by atoms with Gasteiger partial charge in [0.2, 0.25) is 0 Å². The molecule has 0 unspecified atom stereocenters. The predicted octanol–water partition coefficient (Wildman–Crippen LogP) is 3.26. The van der Waals surface area contributed by atoms with Gasteiger partial charge in [0.1, 0.15) is 5.82 Å². The lowest BCUT2D eigenvalue weighted by atomic mass is 10.2. The maximum absolute atomic E-state index is 5.73. The van der Waals surface area contributed by atoms with Crippen molar-refractivity contribution < 1.29 is 0 Å². The molecule has 1 aliphatic carbocycles. The van der Waals surface area contributed by atoms with Crippen molar-refractivity contribution >= 4 is 31.9 Å². The molecule has 6 heteroatoms. The molecule has 0 aliphatic heterocycles. The van der Waals surface area contributed by atoms with Crippen LogP contribution >= 0.6 is 31.9 Å². The molecule has 1 aromatic carbocycles. The smallest absolute Gasteiger partial charge is 0.165 e. The average molecular weight is 372 g/mol. The van der Waals surface area contributed by atoms with Gasteiger partial charge in [-0.25, -0.2) is 0 Å². The van der Waals surface area contributed by atoms with Crippen LogP contribution < -0.4 is 5.73 Å². The van der Waals surface area contributed by atoms with Gasteiger partial charge in [-0.15, -0.1) is 10.2 Å². The van der Waals surface area contributed by atoms with Crippen molar-refractivity contribution in [2.24, 2.45) is 5.73 Å². The topological polar surface area (TPSA) is 56.7 Å². The first kappa shape index (κ1) is 12.3. The minimum atomic E-state index is 0.426. The molecule has 0 saturated heterocycles. The summed E-state index contributed by atoms with van der Waals surface area (Å²) in [6, 6.07) is 6.56. The molecule has 1 aromatic heterocycles. The molecule has 0 bridgehead atoms. The van der Waals surface area contributed by atoms with E-state index in [9.17, 15) is 0 Å². The van der Waals surface area contributed by atoms with E-state index in [-0.39, 0.29) is 0 Å². The number of halogens is 2. The summed E-state index contributed by atoms with van der Waals surface area (Å²) in [6.07, 6.45) is 2.37. The fourth-order valence-corrected chi connectivity index (χ4v) is 2.82. The van der Waals surface area contributed by atoms with Gasteiger partial charge in [0.15, 0.2) is 5.82 Å². The summed E-state index contributed by atoms with van der Waals surface area (Å²) in [4.78, 5) is 0. The molecule has 2 aromatic rings. The zero-order chi connectivity index (χ0) is 12.7. The van der Waals surface area contributed by atoms with Crippen LogP contribution in [0.4, 0.5) is 0 Å². The summed E-state index contributed by atoms with van der Waals surface area (Å²) in [5.74, 6) is 1.76. The van der Waals surface area contributed by atoms with Crippen molar-refractivity contribution in [2.45, 2.75) is 25.4 Å². The number of hydrogen-bond donors (Lipinski definition) is 1. The summed E-state index contributed by atoms with van der Waals surface area (Å²) in [6.45, 7) is 0.426. The molecule has 4 nitrogen and oxygen atoms in total. The number of hydrogen-bond acceptors (Lipinski definition) is 3. The van der Waals surface area contributed by atoms with Gasteiger partial charge in [-0.3, -0.25) is 0 Å². The van der Waals surface area contributed by atoms with E-state index in [2.05, 4.69) is 46.6 Å². The lowest BCUT2D eigenvalue weighted by molar-refractivity contribution is 0.687. The zero-order valence-corrected chi connectivity index (χ0v) is 12.8. The first-order valence-electron chi connectivity index (χ1n) is 5.80. The summed E-state index contributed by atoms with van der Waals surface area (Å²) < 4.78 is 4.22. The second-order valence-corrected chi connectivity index (χ2v) is 6.14. The van der Waals surface area contributed by atoms with E-state index in [1.165, 1.54) is 12.8 Å². The second-order valence-electron chi connectivity index (χ2n) is 4.37. The third-order valence-electron chi connectivity index (χ3n) is 3.03. The normalized spacial score (nSPS) is 15.1. The van der Waals surface area contributed by atoms with Crippen molar-refractivity contribution in [1.82, 2.24) is 14.8 Å². The van der Waals surface area contributed by atoms with E-state index < -0.39 is 0 Å². The number of aromatic nitrogens is 3. The molecule has 1 heterocycles. The molecule has 0 amide bonds. The van der Waals surface area contributed by atoms with Gasteiger partial charge in [0.05, 0.1) is 6.54 Å². The first-order valence-corrected chi connectivity index (χ1v) is 7.38. The summed E-state index contributed by atoms with van der Waals surface area (Å²) in [5, 5.41) is 8.50. The molecule has 1 saturated carbocycles. The number of nitrogens with two attached hydrogens (primary N) is 1. The largest absolute Gasteiger partial charge is 0.324 e. The molecule has 2 N–H and O–H groups in total. The monoisotopic (exact) mass is 370 g/mol. The summed E-state index contributed by atoms with van der Waals surface area (Å²) in [7, 11) is 0. The average Bonchev–Trinajstić information content (AvgIpc) is 3.12. The zero-order valence-electron chi connectivity index (χ0n) is 9.61. The molecular weight excluding hydrogens is 360 g/mol. The van der Waals surface area contributed by atoms with Gasteiger partial charge in [0.25, 0.3) is 0 Å². The Labute approximate surface area is 122 Å². The summed E-state index contributed by atoms with van der Waals surface area (Å²) in [5.41, 5.74) is 6.78. The van der Waals surface area contributed by atoms with E-state index >= 15 is 0 Å².